The number of rotatable bonds is 0. The molecule has 2 heterocycles. The van der Waals surface area contributed by atoms with Crippen molar-refractivity contribution in [1.29, 1.82) is 0 Å². The summed E-state index contributed by atoms with van der Waals surface area (Å²) < 4.78 is 4.73. The third-order valence-corrected chi connectivity index (χ3v) is 1.51. The Labute approximate surface area is 66.5 Å². The molecule has 0 atom stereocenters. The summed E-state index contributed by atoms with van der Waals surface area (Å²) in [6.45, 7) is 0. The molecule has 12 heavy (non-hydrogen) atoms. The molecule has 0 spiro atoms. The lowest BCUT2D eigenvalue weighted by Crippen LogP contribution is -2.04. The molecule has 0 aliphatic carbocycles. The van der Waals surface area contributed by atoms with Crippen molar-refractivity contribution < 1.29 is 4.42 Å². The zero-order valence-corrected chi connectivity index (χ0v) is 6.03. The van der Waals surface area contributed by atoms with Gasteiger partial charge in [0.15, 0.2) is 0 Å². The summed E-state index contributed by atoms with van der Waals surface area (Å²) in [5, 5.41) is 0.703. The number of hydrogen-bond donors (Lipinski definition) is 1. The first-order valence-electron chi connectivity index (χ1n) is 3.39. The smallest absolute Gasteiger partial charge is 0.337 e. The molecule has 1 N–H and O–H groups in total. The van der Waals surface area contributed by atoms with Crippen molar-refractivity contribution in [3.63, 3.8) is 0 Å². The van der Waals surface area contributed by atoms with Gasteiger partial charge in [-0.25, -0.2) is 4.79 Å². The van der Waals surface area contributed by atoms with Gasteiger partial charge in [-0.05, 0) is 12.1 Å². The van der Waals surface area contributed by atoms with E-state index in [9.17, 15) is 9.59 Å². The molecule has 0 aliphatic heterocycles. The molecule has 4 nitrogen and oxygen atoms in total. The van der Waals surface area contributed by atoms with Gasteiger partial charge < -0.3 is 4.42 Å². The van der Waals surface area contributed by atoms with Crippen molar-refractivity contribution >= 4 is 11.1 Å². The van der Waals surface area contributed by atoms with Crippen LogP contribution in [-0.2, 0) is 0 Å². The molecular formula is C8H5NO3. The predicted molar refractivity (Wildman–Crippen MR) is 43.1 cm³/mol. The fourth-order valence-electron chi connectivity index (χ4n) is 0.975. The van der Waals surface area contributed by atoms with Crippen molar-refractivity contribution in [2.24, 2.45) is 0 Å². The molecule has 4 heteroatoms. The fourth-order valence-corrected chi connectivity index (χ4v) is 0.975. The number of H-pyrrole nitrogens is 1. The Hall–Kier alpha value is -1.84. The molecule has 2 rings (SSSR count). The summed E-state index contributed by atoms with van der Waals surface area (Å²) in [4.78, 5) is 23.9. The predicted octanol–water partition coefficient (Wildman–Crippen LogP) is 0.481. The highest BCUT2D eigenvalue weighted by Crippen LogP contribution is 2.03. The minimum absolute atomic E-state index is 0.218. The number of nitrogens with one attached hydrogen (secondary N) is 1. The first-order valence-corrected chi connectivity index (χ1v) is 3.39. The quantitative estimate of drug-likeness (QED) is 0.614. The number of fused-ring (bicyclic) bond motifs is 1. The molecule has 2 aromatic rings. The van der Waals surface area contributed by atoms with Gasteiger partial charge in [-0.2, -0.15) is 0 Å². The van der Waals surface area contributed by atoms with Crippen LogP contribution in [0.15, 0.2) is 38.3 Å². The summed E-state index contributed by atoms with van der Waals surface area (Å²) in [6.07, 6.45) is 0. The molecule has 0 aromatic carbocycles. The number of aromatic amines is 1. The molecule has 0 unspecified atom stereocenters. The summed E-state index contributed by atoms with van der Waals surface area (Å²) in [5.74, 6) is 0. The molecule has 60 valence electrons. The molecule has 0 radical (unpaired) electrons. The summed E-state index contributed by atoms with van der Waals surface area (Å²) >= 11 is 0. The zero-order valence-electron chi connectivity index (χ0n) is 6.03. The Morgan fingerprint density at radius 2 is 1.83 bits per heavy atom. The molecule has 2 aromatic heterocycles. The van der Waals surface area contributed by atoms with Gasteiger partial charge in [0.05, 0.1) is 0 Å². The maximum absolute atomic E-state index is 10.8. The van der Waals surface area contributed by atoms with Crippen LogP contribution in [-0.4, -0.2) is 4.98 Å². The van der Waals surface area contributed by atoms with Crippen LogP contribution in [0.2, 0.25) is 0 Å². The lowest BCUT2D eigenvalue weighted by molar-refractivity contribution is 0.548. The van der Waals surface area contributed by atoms with E-state index in [4.69, 9.17) is 4.42 Å². The van der Waals surface area contributed by atoms with Crippen molar-refractivity contribution in [3.05, 3.63) is 45.0 Å². The number of hydrogen-bond acceptors (Lipinski definition) is 3. The topological polar surface area (TPSA) is 63.1 Å². The van der Waals surface area contributed by atoms with Crippen molar-refractivity contribution in [2.45, 2.75) is 0 Å². The molecule has 0 bridgehead atoms. The average Bonchev–Trinajstić information content (AvgIpc) is 2.03. The lowest BCUT2D eigenvalue weighted by Gasteiger charge is -1.91. The van der Waals surface area contributed by atoms with Crippen LogP contribution in [0.5, 0.6) is 0 Å². The SMILES string of the molecule is O=c1ccc2ccc(=O)oc2[nH]1. The van der Waals surface area contributed by atoms with Gasteiger partial charge in [0.2, 0.25) is 5.71 Å². The molecular weight excluding hydrogens is 158 g/mol. The molecule has 0 saturated heterocycles. The largest absolute Gasteiger partial charge is 0.406 e. The molecule has 0 saturated carbocycles. The Morgan fingerprint density at radius 3 is 2.67 bits per heavy atom. The van der Waals surface area contributed by atoms with Crippen molar-refractivity contribution in [2.75, 3.05) is 0 Å². The van der Waals surface area contributed by atoms with Crippen LogP contribution < -0.4 is 11.2 Å². The Balaban J connectivity index is 2.98. The first-order chi connectivity index (χ1) is 5.75. The van der Waals surface area contributed by atoms with Crippen LogP contribution >= 0.6 is 0 Å². The van der Waals surface area contributed by atoms with E-state index in [2.05, 4.69) is 4.98 Å². The highest BCUT2D eigenvalue weighted by atomic mass is 16.4. The van der Waals surface area contributed by atoms with Crippen LogP contribution in [0.3, 0.4) is 0 Å². The monoisotopic (exact) mass is 163 g/mol. The fraction of sp³-hybridized carbons (Fsp3) is 0. The van der Waals surface area contributed by atoms with Gasteiger partial charge in [-0.15, -0.1) is 0 Å². The van der Waals surface area contributed by atoms with Gasteiger partial charge >= 0.3 is 5.63 Å². The van der Waals surface area contributed by atoms with E-state index in [1.807, 2.05) is 0 Å². The average molecular weight is 163 g/mol. The zero-order chi connectivity index (χ0) is 8.55. The van der Waals surface area contributed by atoms with E-state index in [-0.39, 0.29) is 11.3 Å². The van der Waals surface area contributed by atoms with E-state index in [0.717, 1.165) is 0 Å². The minimum Gasteiger partial charge on any atom is -0.406 e. The normalized spacial score (nSPS) is 10.3. The Bertz CT molecular complexity index is 479. The molecule has 0 amide bonds. The van der Waals surface area contributed by atoms with Gasteiger partial charge in [-0.3, -0.25) is 9.78 Å². The standard InChI is InChI=1S/C8H5NO3/c10-6-3-1-5-2-4-7(11)12-8(5)9-6/h1-4H,(H,9,10). The number of aromatic nitrogens is 1. The van der Waals surface area contributed by atoms with E-state index >= 15 is 0 Å². The maximum atomic E-state index is 10.8. The third kappa shape index (κ3) is 1.03. The second kappa shape index (κ2) is 2.34. The lowest BCUT2D eigenvalue weighted by atomic mass is 10.3. The van der Waals surface area contributed by atoms with Crippen LogP contribution in [0.4, 0.5) is 0 Å². The van der Waals surface area contributed by atoms with Gasteiger partial charge in [0, 0.05) is 17.5 Å². The van der Waals surface area contributed by atoms with Crippen LogP contribution in [0.25, 0.3) is 11.1 Å². The Kier molecular flexibility index (Phi) is 1.33. The van der Waals surface area contributed by atoms with Gasteiger partial charge in [0.25, 0.3) is 5.56 Å². The minimum atomic E-state index is -0.468. The summed E-state index contributed by atoms with van der Waals surface area (Å²) in [7, 11) is 0. The van der Waals surface area contributed by atoms with Gasteiger partial charge in [0.1, 0.15) is 0 Å². The molecule has 0 fully saturated rings. The summed E-state index contributed by atoms with van der Waals surface area (Å²) in [6, 6.07) is 5.87. The second-order valence-corrected chi connectivity index (χ2v) is 2.36. The number of pyridine rings is 1. The van der Waals surface area contributed by atoms with E-state index < -0.39 is 5.63 Å². The third-order valence-electron chi connectivity index (χ3n) is 1.51. The highest BCUT2D eigenvalue weighted by Gasteiger charge is 1.95. The van der Waals surface area contributed by atoms with E-state index in [1.165, 1.54) is 12.1 Å². The first kappa shape index (κ1) is 6.84. The van der Waals surface area contributed by atoms with E-state index in [1.54, 1.807) is 12.1 Å². The molecule has 0 aliphatic rings. The Morgan fingerprint density at radius 1 is 1.08 bits per heavy atom. The van der Waals surface area contributed by atoms with Crippen molar-refractivity contribution in [3.8, 4) is 0 Å². The summed E-state index contributed by atoms with van der Waals surface area (Å²) in [5.41, 5.74) is -0.531. The van der Waals surface area contributed by atoms with Crippen LogP contribution in [0, 0.1) is 0 Å². The van der Waals surface area contributed by atoms with Gasteiger partial charge in [-0.1, -0.05) is 0 Å². The second-order valence-electron chi connectivity index (χ2n) is 2.36. The highest BCUT2D eigenvalue weighted by molar-refractivity contribution is 5.71. The maximum Gasteiger partial charge on any atom is 0.337 e. The van der Waals surface area contributed by atoms with Crippen LogP contribution in [0.1, 0.15) is 0 Å². The van der Waals surface area contributed by atoms with E-state index in [0.29, 0.717) is 5.39 Å². The van der Waals surface area contributed by atoms with Crippen molar-refractivity contribution in [1.82, 2.24) is 4.98 Å².